The molecule has 2 amide bonds. The molecule has 4 N–H and O–H groups in total. The number of nitrogens with one attached hydrogen (secondary N) is 2. The lowest BCUT2D eigenvalue weighted by atomic mass is 10.2. The van der Waals surface area contributed by atoms with Crippen molar-refractivity contribution < 1.29 is 9.59 Å². The molecule has 26 heavy (non-hydrogen) atoms. The summed E-state index contributed by atoms with van der Waals surface area (Å²) in [4.78, 5) is 33.6. The van der Waals surface area contributed by atoms with Gasteiger partial charge in [0.1, 0.15) is 10.8 Å². The summed E-state index contributed by atoms with van der Waals surface area (Å²) in [5.41, 5.74) is 6.52. The number of nitrogens with zero attached hydrogens (tertiary/aromatic N) is 4. The molecule has 136 valence electrons. The third-order valence-corrected chi connectivity index (χ3v) is 4.73. The number of aromatic nitrogens is 3. The molecule has 0 spiro atoms. The first-order valence-corrected chi connectivity index (χ1v) is 8.78. The summed E-state index contributed by atoms with van der Waals surface area (Å²) in [6.45, 7) is 6.51. The Kier molecular flexibility index (Phi) is 5.12. The van der Waals surface area contributed by atoms with Gasteiger partial charge in [-0.25, -0.2) is 4.98 Å². The van der Waals surface area contributed by atoms with Gasteiger partial charge in [0.2, 0.25) is 11.9 Å². The minimum Gasteiger partial charge on any atom is -0.365 e. The average Bonchev–Trinajstić information content (AvgIpc) is 3.23. The lowest BCUT2D eigenvalue weighted by Crippen LogP contribution is -2.31. The average molecular weight is 373 g/mol. The van der Waals surface area contributed by atoms with Crippen LogP contribution in [0.15, 0.2) is 24.9 Å². The van der Waals surface area contributed by atoms with Crippen LogP contribution in [0.1, 0.15) is 22.5 Å². The summed E-state index contributed by atoms with van der Waals surface area (Å²) >= 11 is 1.29. The zero-order chi connectivity index (χ0) is 18.7. The maximum absolute atomic E-state index is 11.7. The highest BCUT2D eigenvalue weighted by Crippen LogP contribution is 2.23. The van der Waals surface area contributed by atoms with Gasteiger partial charge in [-0.15, -0.1) is 0 Å². The van der Waals surface area contributed by atoms with Crippen LogP contribution in [0.3, 0.4) is 0 Å². The van der Waals surface area contributed by atoms with Crippen molar-refractivity contribution in [3.05, 3.63) is 36.2 Å². The number of carbonyl (C=O) groups excluding carboxylic acids is 2. The molecule has 2 aromatic heterocycles. The van der Waals surface area contributed by atoms with E-state index in [2.05, 4.69) is 31.6 Å². The van der Waals surface area contributed by atoms with Crippen LogP contribution in [0.5, 0.6) is 0 Å². The number of nitrogens with two attached hydrogens (primary N) is 1. The highest BCUT2D eigenvalue weighted by Gasteiger charge is 2.26. The number of rotatable bonds is 6. The highest BCUT2D eigenvalue weighted by atomic mass is 32.1. The molecule has 1 atom stereocenters. The summed E-state index contributed by atoms with van der Waals surface area (Å²) < 4.78 is 4.19. The number of aryl methyl sites for hydroxylation is 1. The van der Waals surface area contributed by atoms with Crippen LogP contribution in [-0.4, -0.2) is 50.2 Å². The number of hydrogen-bond donors (Lipinski definition) is 3. The van der Waals surface area contributed by atoms with Crippen LogP contribution < -0.4 is 16.4 Å². The summed E-state index contributed by atoms with van der Waals surface area (Å²) in [6, 6.07) is 1.84. The van der Waals surface area contributed by atoms with E-state index in [1.54, 1.807) is 4.90 Å². The van der Waals surface area contributed by atoms with Crippen molar-refractivity contribution in [3.8, 4) is 0 Å². The van der Waals surface area contributed by atoms with Crippen LogP contribution in [0.2, 0.25) is 0 Å². The van der Waals surface area contributed by atoms with Crippen molar-refractivity contribution in [2.24, 2.45) is 5.73 Å². The van der Waals surface area contributed by atoms with Gasteiger partial charge < -0.3 is 21.3 Å². The van der Waals surface area contributed by atoms with Crippen molar-refractivity contribution in [2.45, 2.75) is 19.4 Å². The van der Waals surface area contributed by atoms with Gasteiger partial charge in [0.05, 0.1) is 11.3 Å². The molecule has 0 saturated carbocycles. The molecule has 1 aliphatic rings. The predicted molar refractivity (Wildman–Crippen MR) is 99.5 cm³/mol. The molecule has 1 saturated heterocycles. The number of likely N-dealkylation sites (tertiary alicyclic amines) is 1. The fourth-order valence-electron chi connectivity index (χ4n) is 2.67. The smallest absolute Gasteiger partial charge is 0.254 e. The monoisotopic (exact) mass is 373 g/mol. The largest absolute Gasteiger partial charge is 0.365 e. The second-order valence-electron chi connectivity index (χ2n) is 5.90. The Morgan fingerprint density at radius 2 is 2.31 bits per heavy atom. The van der Waals surface area contributed by atoms with Crippen LogP contribution >= 0.6 is 11.5 Å². The van der Waals surface area contributed by atoms with Gasteiger partial charge in [-0.05, 0) is 37.0 Å². The van der Waals surface area contributed by atoms with Crippen LogP contribution in [0.4, 0.5) is 16.8 Å². The molecule has 9 nitrogen and oxygen atoms in total. The third kappa shape index (κ3) is 3.97. The molecule has 10 heteroatoms. The minimum absolute atomic E-state index is 0.0367. The Labute approximate surface area is 154 Å². The van der Waals surface area contributed by atoms with E-state index >= 15 is 0 Å². The van der Waals surface area contributed by atoms with Crippen molar-refractivity contribution >= 4 is 40.1 Å². The topological polar surface area (TPSA) is 126 Å². The molecule has 0 bridgehead atoms. The number of primary amides is 1. The normalized spacial score (nSPS) is 16.3. The Bertz CT molecular complexity index is 851. The zero-order valence-corrected chi connectivity index (χ0v) is 15.0. The second kappa shape index (κ2) is 7.48. The van der Waals surface area contributed by atoms with Crippen LogP contribution in [0.25, 0.3) is 0 Å². The first kappa shape index (κ1) is 17.8. The van der Waals surface area contributed by atoms with E-state index in [0.717, 1.165) is 17.1 Å². The molecule has 1 fully saturated rings. The van der Waals surface area contributed by atoms with Gasteiger partial charge in [0.15, 0.2) is 0 Å². The molecule has 3 heterocycles. The maximum Gasteiger partial charge on any atom is 0.254 e. The number of amides is 2. The third-order valence-electron chi connectivity index (χ3n) is 3.93. The summed E-state index contributed by atoms with van der Waals surface area (Å²) in [5, 5.41) is 7.05. The van der Waals surface area contributed by atoms with E-state index in [4.69, 9.17) is 5.73 Å². The Hall–Kier alpha value is -3.01. The van der Waals surface area contributed by atoms with E-state index in [1.807, 2.05) is 13.0 Å². The Balaban J connectivity index is 1.78. The van der Waals surface area contributed by atoms with Gasteiger partial charge in [-0.3, -0.25) is 9.59 Å². The predicted octanol–water partition coefficient (Wildman–Crippen LogP) is 1.28. The lowest BCUT2D eigenvalue weighted by Gasteiger charge is -2.17. The number of carbonyl (C=O) groups is 2. The molecular formula is C16H19N7O2S. The summed E-state index contributed by atoms with van der Waals surface area (Å²) in [5.74, 6) is -0.0629. The van der Waals surface area contributed by atoms with E-state index in [1.165, 1.54) is 23.8 Å². The highest BCUT2D eigenvalue weighted by molar-refractivity contribution is 7.10. The van der Waals surface area contributed by atoms with Gasteiger partial charge >= 0.3 is 0 Å². The number of hydrogen-bond acceptors (Lipinski definition) is 8. The van der Waals surface area contributed by atoms with Crippen LogP contribution in [0, 0.1) is 6.92 Å². The first-order valence-electron chi connectivity index (χ1n) is 8.01. The Morgan fingerprint density at radius 1 is 1.50 bits per heavy atom. The van der Waals surface area contributed by atoms with Gasteiger partial charge in [-0.2, -0.15) is 9.36 Å². The molecule has 0 aliphatic carbocycles. The fraction of sp³-hybridized carbons (Fsp3) is 0.312. The van der Waals surface area contributed by atoms with Gasteiger partial charge in [-0.1, -0.05) is 6.58 Å². The minimum atomic E-state index is -0.621. The quantitative estimate of drug-likeness (QED) is 0.651. The molecule has 0 aromatic carbocycles. The molecule has 0 radical (unpaired) electrons. The van der Waals surface area contributed by atoms with Gasteiger partial charge in [0.25, 0.3) is 5.91 Å². The van der Waals surface area contributed by atoms with E-state index < -0.39 is 5.91 Å². The zero-order valence-electron chi connectivity index (χ0n) is 14.2. The first-order chi connectivity index (χ1) is 12.5. The van der Waals surface area contributed by atoms with E-state index in [-0.39, 0.29) is 17.5 Å². The van der Waals surface area contributed by atoms with E-state index in [9.17, 15) is 9.59 Å². The summed E-state index contributed by atoms with van der Waals surface area (Å²) in [6.07, 6.45) is 3.41. The van der Waals surface area contributed by atoms with Gasteiger partial charge in [0, 0.05) is 25.3 Å². The van der Waals surface area contributed by atoms with Crippen molar-refractivity contribution in [2.75, 3.05) is 23.7 Å². The fourth-order valence-corrected chi connectivity index (χ4v) is 3.32. The second-order valence-corrected chi connectivity index (χ2v) is 6.70. The van der Waals surface area contributed by atoms with E-state index in [0.29, 0.717) is 24.9 Å². The molecular weight excluding hydrogens is 354 g/mol. The van der Waals surface area contributed by atoms with Crippen molar-refractivity contribution in [3.63, 3.8) is 0 Å². The van der Waals surface area contributed by atoms with Crippen molar-refractivity contribution in [1.82, 2.24) is 19.2 Å². The van der Waals surface area contributed by atoms with Crippen LogP contribution in [-0.2, 0) is 4.79 Å². The standard InChI is InChI=1S/C16H19N7O2S/c1-3-13(24)23-5-4-10(8-23)19-15-11(14(17)25)7-18-16(21-15)20-12-6-9(2)22-26-12/h3,6-7,10H,1,4-5,8H2,2H3,(H2,17,25)(H2,18,19,20,21)/t10-/m1/s1. The van der Waals surface area contributed by atoms with Crippen molar-refractivity contribution in [1.29, 1.82) is 0 Å². The molecule has 2 aromatic rings. The summed E-state index contributed by atoms with van der Waals surface area (Å²) in [7, 11) is 0. The SMILES string of the molecule is C=CC(=O)N1CC[C@@H](Nc2nc(Nc3cc(C)ns3)ncc2C(N)=O)C1. The lowest BCUT2D eigenvalue weighted by molar-refractivity contribution is -0.125. The molecule has 1 aliphatic heterocycles. The maximum atomic E-state index is 11.7. The molecule has 3 rings (SSSR count). The number of anilines is 3. The Morgan fingerprint density at radius 3 is 2.96 bits per heavy atom. The molecule has 0 unspecified atom stereocenters.